The Morgan fingerprint density at radius 1 is 0.870 bits per heavy atom. The van der Waals surface area contributed by atoms with E-state index >= 15 is 0 Å². The molecule has 3 aromatic rings. The lowest BCUT2D eigenvalue weighted by Crippen LogP contribution is -2.04. The molecule has 0 spiro atoms. The summed E-state index contributed by atoms with van der Waals surface area (Å²) in [7, 11) is 0. The Balaban J connectivity index is 2.30. The van der Waals surface area contributed by atoms with Crippen LogP contribution in [0.25, 0.3) is 33.2 Å². The lowest BCUT2D eigenvalue weighted by atomic mass is 9.85. The standard InChI is InChI=1S/C22H12O/c1-2-3-7-19-20(23)14-13-17-12-11-16-10-9-15-6-4-5-8-18(15)21(16)22(17)19/h4-6,8-14H,1H2. The van der Waals surface area contributed by atoms with Gasteiger partial charge in [-0.2, -0.15) is 0 Å². The predicted octanol–water partition coefficient (Wildman–Crippen LogP) is 5.07. The molecule has 0 aromatic heterocycles. The van der Waals surface area contributed by atoms with Crippen molar-refractivity contribution in [3.63, 3.8) is 0 Å². The quantitative estimate of drug-likeness (QED) is 0.321. The first-order valence-electron chi connectivity index (χ1n) is 7.37. The number of carbonyl (C=O) groups is 1. The van der Waals surface area contributed by atoms with Gasteiger partial charge in [0.2, 0.25) is 0 Å². The predicted molar refractivity (Wildman–Crippen MR) is 95.1 cm³/mol. The van der Waals surface area contributed by atoms with E-state index in [0.29, 0.717) is 5.57 Å². The molecule has 3 aromatic carbocycles. The summed E-state index contributed by atoms with van der Waals surface area (Å²) in [6.07, 6.45) is 3.44. The maximum atomic E-state index is 12.4. The Kier molecular flexibility index (Phi) is 2.98. The first-order valence-corrected chi connectivity index (χ1v) is 7.37. The van der Waals surface area contributed by atoms with Crippen LogP contribution in [0.5, 0.6) is 0 Å². The molecule has 0 N–H and O–H groups in total. The lowest BCUT2D eigenvalue weighted by Gasteiger charge is -2.16. The summed E-state index contributed by atoms with van der Waals surface area (Å²) < 4.78 is 0. The van der Waals surface area contributed by atoms with Crippen LogP contribution in [0.1, 0.15) is 11.1 Å². The van der Waals surface area contributed by atoms with Crippen LogP contribution in [0.4, 0.5) is 0 Å². The third-order valence-electron chi connectivity index (χ3n) is 4.13. The van der Waals surface area contributed by atoms with E-state index in [1.165, 1.54) is 0 Å². The summed E-state index contributed by atoms with van der Waals surface area (Å²) in [6.45, 7) is 3.50. The summed E-state index contributed by atoms with van der Waals surface area (Å²) in [5, 5.41) is 4.46. The van der Waals surface area contributed by atoms with E-state index in [-0.39, 0.29) is 5.78 Å². The molecule has 0 amide bonds. The first kappa shape index (κ1) is 13.3. The van der Waals surface area contributed by atoms with Gasteiger partial charge in [0.05, 0.1) is 5.57 Å². The van der Waals surface area contributed by atoms with E-state index in [2.05, 4.69) is 54.1 Å². The fourth-order valence-electron chi connectivity index (χ4n) is 3.12. The Morgan fingerprint density at radius 2 is 1.65 bits per heavy atom. The maximum Gasteiger partial charge on any atom is 0.194 e. The zero-order chi connectivity index (χ0) is 15.8. The van der Waals surface area contributed by atoms with Crippen molar-refractivity contribution in [3.05, 3.63) is 89.5 Å². The highest BCUT2D eigenvalue weighted by Crippen LogP contribution is 2.37. The summed E-state index contributed by atoms with van der Waals surface area (Å²) in [4.78, 5) is 12.4. The molecule has 0 radical (unpaired) electrons. The van der Waals surface area contributed by atoms with Crippen LogP contribution in [0.15, 0.2) is 78.4 Å². The van der Waals surface area contributed by atoms with E-state index in [1.807, 2.05) is 24.3 Å². The largest absolute Gasteiger partial charge is 0.289 e. The van der Waals surface area contributed by atoms with Crippen molar-refractivity contribution in [3.8, 4) is 0 Å². The van der Waals surface area contributed by atoms with Crippen LogP contribution >= 0.6 is 0 Å². The molecule has 106 valence electrons. The van der Waals surface area contributed by atoms with E-state index in [1.54, 1.807) is 6.08 Å². The molecule has 0 saturated carbocycles. The number of carbonyl (C=O) groups excluding carboxylic acids is 1. The Hall–Kier alpha value is -3.33. The number of ketones is 1. The molecule has 23 heavy (non-hydrogen) atoms. The topological polar surface area (TPSA) is 17.1 Å². The van der Waals surface area contributed by atoms with Crippen LogP contribution < -0.4 is 0 Å². The van der Waals surface area contributed by atoms with Gasteiger partial charge < -0.3 is 0 Å². The normalized spacial score (nSPS) is 12.7. The van der Waals surface area contributed by atoms with Gasteiger partial charge in [-0.1, -0.05) is 60.3 Å². The highest BCUT2D eigenvalue weighted by Gasteiger charge is 2.20. The van der Waals surface area contributed by atoms with E-state index in [0.717, 1.165) is 32.7 Å². The minimum Gasteiger partial charge on any atom is -0.289 e. The summed E-state index contributed by atoms with van der Waals surface area (Å²) in [5.74, 6) is -0.0688. The van der Waals surface area contributed by atoms with Gasteiger partial charge in [-0.15, -0.1) is 0 Å². The zero-order valence-electron chi connectivity index (χ0n) is 12.4. The molecule has 0 bridgehead atoms. The van der Waals surface area contributed by atoms with Crippen molar-refractivity contribution >= 4 is 39.0 Å². The maximum absolute atomic E-state index is 12.4. The van der Waals surface area contributed by atoms with E-state index in [4.69, 9.17) is 0 Å². The second-order valence-electron chi connectivity index (χ2n) is 5.41. The Morgan fingerprint density at radius 3 is 2.52 bits per heavy atom. The summed E-state index contributed by atoms with van der Waals surface area (Å²) in [6, 6.07) is 16.5. The van der Waals surface area contributed by atoms with Gasteiger partial charge in [0.25, 0.3) is 0 Å². The highest BCUT2D eigenvalue weighted by molar-refractivity contribution is 6.33. The zero-order valence-corrected chi connectivity index (χ0v) is 12.4. The van der Waals surface area contributed by atoms with Crippen LogP contribution in [0.2, 0.25) is 0 Å². The van der Waals surface area contributed by atoms with Crippen molar-refractivity contribution in [1.29, 1.82) is 0 Å². The van der Waals surface area contributed by atoms with Gasteiger partial charge in [-0.3, -0.25) is 4.79 Å². The Bertz CT molecular complexity index is 1140. The monoisotopic (exact) mass is 292 g/mol. The molecule has 0 saturated heterocycles. The van der Waals surface area contributed by atoms with E-state index < -0.39 is 0 Å². The van der Waals surface area contributed by atoms with Gasteiger partial charge in [-0.05, 0) is 51.2 Å². The third-order valence-corrected chi connectivity index (χ3v) is 4.13. The lowest BCUT2D eigenvalue weighted by molar-refractivity contribution is -0.109. The average molecular weight is 292 g/mol. The summed E-state index contributed by atoms with van der Waals surface area (Å²) >= 11 is 0. The first-order chi connectivity index (χ1) is 11.3. The van der Waals surface area contributed by atoms with Crippen LogP contribution in [0.3, 0.4) is 0 Å². The van der Waals surface area contributed by atoms with Gasteiger partial charge in [0.1, 0.15) is 0 Å². The minimum atomic E-state index is -0.0688. The van der Waals surface area contributed by atoms with E-state index in [9.17, 15) is 4.79 Å². The Labute approximate surface area is 133 Å². The molecule has 1 heteroatoms. The van der Waals surface area contributed by atoms with Gasteiger partial charge in [-0.25, -0.2) is 0 Å². The molecular weight excluding hydrogens is 280 g/mol. The molecule has 0 aliphatic heterocycles. The third kappa shape index (κ3) is 2.02. The molecule has 0 heterocycles. The average Bonchev–Trinajstić information content (AvgIpc) is 2.60. The second-order valence-corrected chi connectivity index (χ2v) is 5.41. The molecule has 1 aliphatic carbocycles. The highest BCUT2D eigenvalue weighted by atomic mass is 16.1. The molecule has 0 fully saturated rings. The van der Waals surface area contributed by atoms with Gasteiger partial charge >= 0.3 is 0 Å². The number of allylic oxidation sites excluding steroid dienone is 2. The number of benzene rings is 3. The van der Waals surface area contributed by atoms with Crippen molar-refractivity contribution < 1.29 is 4.79 Å². The number of hydrogen-bond donors (Lipinski definition) is 0. The minimum absolute atomic E-state index is 0.0688. The van der Waals surface area contributed by atoms with Crippen LogP contribution in [0, 0.1) is 0 Å². The fraction of sp³-hybridized carbons (Fsp3) is 0. The molecule has 1 aliphatic rings. The smallest absolute Gasteiger partial charge is 0.194 e. The van der Waals surface area contributed by atoms with Crippen molar-refractivity contribution in [2.75, 3.05) is 0 Å². The van der Waals surface area contributed by atoms with Gasteiger partial charge in [0.15, 0.2) is 5.78 Å². The molecule has 0 unspecified atom stereocenters. The second kappa shape index (κ2) is 5.14. The fourth-order valence-corrected chi connectivity index (χ4v) is 3.12. The molecule has 0 atom stereocenters. The van der Waals surface area contributed by atoms with Crippen molar-refractivity contribution in [2.45, 2.75) is 0 Å². The van der Waals surface area contributed by atoms with Crippen molar-refractivity contribution in [1.82, 2.24) is 0 Å². The number of rotatable bonds is 0. The SMILES string of the molecule is C=C=C=C=C1C(=O)C=Cc2ccc3ccc4ccccc4c3c21. The van der Waals surface area contributed by atoms with Gasteiger partial charge in [0, 0.05) is 5.56 Å². The molecule has 4 rings (SSSR count). The van der Waals surface area contributed by atoms with Crippen molar-refractivity contribution in [2.24, 2.45) is 0 Å². The number of hydrogen-bond acceptors (Lipinski definition) is 1. The molecular formula is C22H12O. The van der Waals surface area contributed by atoms with Crippen LogP contribution in [-0.2, 0) is 4.79 Å². The summed E-state index contributed by atoms with van der Waals surface area (Å²) in [5.41, 5.74) is 10.6. The van der Waals surface area contributed by atoms with Crippen LogP contribution in [-0.4, -0.2) is 5.78 Å². The number of fused-ring (bicyclic) bond motifs is 5. The molecule has 1 nitrogen and oxygen atoms in total.